The first kappa shape index (κ1) is 29.0. The fourth-order valence-electron chi connectivity index (χ4n) is 3.57. The van der Waals surface area contributed by atoms with Crippen LogP contribution in [0.25, 0.3) is 22.5 Å². The highest BCUT2D eigenvalue weighted by Gasteiger charge is 2.24. The number of amides is 1. The number of hydroxylamine groups is 2. The molecule has 11 heteroatoms. The van der Waals surface area contributed by atoms with E-state index in [-0.39, 0.29) is 5.91 Å². The smallest absolute Gasteiger partial charge is 0.337 e. The number of aromatic nitrogens is 4. The van der Waals surface area contributed by atoms with Crippen LogP contribution in [0.4, 0.5) is 0 Å². The van der Waals surface area contributed by atoms with E-state index in [1.165, 1.54) is 21.3 Å². The van der Waals surface area contributed by atoms with Gasteiger partial charge in [-0.05, 0) is 11.1 Å². The number of methoxy groups -OCH3 is 2. The topological polar surface area (TPSA) is 137 Å². The summed E-state index contributed by atoms with van der Waals surface area (Å²) < 4.78 is 10.2. The van der Waals surface area contributed by atoms with Crippen LogP contribution in [0.15, 0.2) is 85.7 Å². The van der Waals surface area contributed by atoms with E-state index in [4.69, 9.17) is 19.4 Å². The number of hydrogen-bond acceptors (Lipinski definition) is 9. The van der Waals surface area contributed by atoms with Gasteiger partial charge in [0.1, 0.15) is 0 Å². The van der Waals surface area contributed by atoms with Gasteiger partial charge in [0.15, 0.2) is 12.2 Å². The summed E-state index contributed by atoms with van der Waals surface area (Å²) in [7, 11) is 5.84. The van der Waals surface area contributed by atoms with Gasteiger partial charge in [0.2, 0.25) is 0 Å². The van der Waals surface area contributed by atoms with Crippen LogP contribution in [-0.2, 0) is 23.9 Å². The molecular formula is C28H29N5O6. The number of carbonyl (C=O) groups excluding carboxylic acids is 1. The van der Waals surface area contributed by atoms with Crippen molar-refractivity contribution < 1.29 is 29.0 Å². The highest BCUT2D eigenvalue weighted by Crippen LogP contribution is 2.23. The molecule has 2 heterocycles. The third-order valence-corrected chi connectivity index (χ3v) is 5.65. The van der Waals surface area contributed by atoms with Crippen LogP contribution < -0.4 is 0 Å². The minimum Gasteiger partial charge on any atom is -0.479 e. The average Bonchev–Trinajstić information content (AvgIpc) is 2.99. The Kier molecular flexibility index (Phi) is 10.7. The van der Waals surface area contributed by atoms with Crippen molar-refractivity contribution in [1.82, 2.24) is 25.0 Å². The minimum atomic E-state index is -1.01. The summed E-state index contributed by atoms with van der Waals surface area (Å²) in [5.74, 6) is -1.28. The SMILES string of the molecule is COC(C(=O)N(C)OC)c1ccc(-c2cnccn2)cc1.COC(C(=O)O)c1ccc(-c2cnccn2)cc1. The van der Waals surface area contributed by atoms with Crippen LogP contribution in [0.1, 0.15) is 23.3 Å². The zero-order valence-corrected chi connectivity index (χ0v) is 22.0. The molecule has 11 nitrogen and oxygen atoms in total. The van der Waals surface area contributed by atoms with Crippen molar-refractivity contribution in [3.63, 3.8) is 0 Å². The van der Waals surface area contributed by atoms with E-state index in [1.807, 2.05) is 24.3 Å². The zero-order chi connectivity index (χ0) is 28.2. The lowest BCUT2D eigenvalue weighted by Gasteiger charge is -2.21. The maximum Gasteiger partial charge on any atom is 0.337 e. The van der Waals surface area contributed by atoms with Crippen molar-refractivity contribution >= 4 is 11.9 Å². The Balaban J connectivity index is 0.000000218. The number of nitrogens with zero attached hydrogens (tertiary/aromatic N) is 5. The van der Waals surface area contributed by atoms with Gasteiger partial charge in [0.05, 0.1) is 30.9 Å². The molecule has 2 aromatic heterocycles. The van der Waals surface area contributed by atoms with Gasteiger partial charge in [0, 0.05) is 57.2 Å². The van der Waals surface area contributed by atoms with Gasteiger partial charge in [-0.2, -0.15) is 0 Å². The number of carbonyl (C=O) groups is 2. The fraction of sp³-hybridized carbons (Fsp3) is 0.214. The van der Waals surface area contributed by atoms with Gasteiger partial charge < -0.3 is 14.6 Å². The first-order valence-electron chi connectivity index (χ1n) is 11.7. The van der Waals surface area contributed by atoms with E-state index in [9.17, 15) is 9.59 Å². The molecular weight excluding hydrogens is 502 g/mol. The summed E-state index contributed by atoms with van der Waals surface area (Å²) in [4.78, 5) is 44.4. The largest absolute Gasteiger partial charge is 0.479 e. The standard InChI is InChI=1S/C15H17N3O3.C13H12N2O3/c1-18(21-3)15(19)14(20-2)12-6-4-11(5-7-12)13-10-16-8-9-17-13;1-18-12(13(16)17)10-4-2-9(3-5-10)11-8-14-6-7-15-11/h4-10,14H,1-3H3;2-8,12H,1H3,(H,16,17). The lowest BCUT2D eigenvalue weighted by molar-refractivity contribution is -0.179. The monoisotopic (exact) mass is 531 g/mol. The quantitative estimate of drug-likeness (QED) is 0.318. The predicted molar refractivity (Wildman–Crippen MR) is 142 cm³/mol. The molecule has 0 fully saturated rings. The Bertz CT molecular complexity index is 1320. The summed E-state index contributed by atoms with van der Waals surface area (Å²) in [5, 5.41) is 10.1. The van der Waals surface area contributed by atoms with E-state index in [2.05, 4.69) is 19.9 Å². The van der Waals surface area contributed by atoms with Gasteiger partial charge in [-0.15, -0.1) is 0 Å². The third-order valence-electron chi connectivity index (χ3n) is 5.65. The molecule has 202 valence electrons. The molecule has 0 radical (unpaired) electrons. The lowest BCUT2D eigenvalue weighted by Crippen LogP contribution is -2.31. The molecule has 1 N–H and O–H groups in total. The second-order valence-electron chi connectivity index (χ2n) is 8.01. The molecule has 0 aliphatic heterocycles. The molecule has 1 amide bonds. The second-order valence-corrected chi connectivity index (χ2v) is 8.01. The Hall–Kier alpha value is -4.58. The summed E-state index contributed by atoms with van der Waals surface area (Å²) in [5.41, 5.74) is 4.67. The molecule has 39 heavy (non-hydrogen) atoms. The molecule has 0 bridgehead atoms. The summed E-state index contributed by atoms with van der Waals surface area (Å²) >= 11 is 0. The van der Waals surface area contributed by atoms with Crippen molar-refractivity contribution in [3.05, 3.63) is 96.8 Å². The van der Waals surface area contributed by atoms with Crippen LogP contribution in [-0.4, -0.2) is 70.4 Å². The first-order valence-corrected chi connectivity index (χ1v) is 11.7. The van der Waals surface area contributed by atoms with Crippen molar-refractivity contribution in [3.8, 4) is 22.5 Å². The average molecular weight is 532 g/mol. The van der Waals surface area contributed by atoms with E-state index in [0.29, 0.717) is 5.56 Å². The summed E-state index contributed by atoms with van der Waals surface area (Å²) in [6.07, 6.45) is 8.16. The molecule has 4 rings (SSSR count). The maximum atomic E-state index is 12.1. The summed E-state index contributed by atoms with van der Waals surface area (Å²) in [6, 6.07) is 14.5. The number of rotatable bonds is 9. The van der Waals surface area contributed by atoms with Crippen LogP contribution in [0.2, 0.25) is 0 Å². The van der Waals surface area contributed by atoms with E-state index < -0.39 is 18.2 Å². The molecule has 4 aromatic rings. The fourth-order valence-corrected chi connectivity index (χ4v) is 3.57. The number of ether oxygens (including phenoxy) is 2. The first-order chi connectivity index (χ1) is 18.9. The number of benzene rings is 2. The molecule has 2 aromatic carbocycles. The van der Waals surface area contributed by atoms with Gasteiger partial charge in [-0.1, -0.05) is 48.5 Å². The minimum absolute atomic E-state index is 0.271. The molecule has 0 saturated carbocycles. The van der Waals surface area contributed by atoms with E-state index in [1.54, 1.807) is 68.5 Å². The molecule has 0 spiro atoms. The third kappa shape index (κ3) is 7.71. The molecule has 0 aliphatic carbocycles. The Morgan fingerprint density at radius 3 is 1.49 bits per heavy atom. The predicted octanol–water partition coefficient (Wildman–Crippen LogP) is 3.77. The van der Waals surface area contributed by atoms with Crippen molar-refractivity contribution in [2.75, 3.05) is 28.4 Å². The van der Waals surface area contributed by atoms with Crippen molar-refractivity contribution in [2.24, 2.45) is 0 Å². The number of aliphatic carboxylic acids is 1. The van der Waals surface area contributed by atoms with E-state index in [0.717, 1.165) is 33.1 Å². The lowest BCUT2D eigenvalue weighted by atomic mass is 10.0. The summed E-state index contributed by atoms with van der Waals surface area (Å²) in [6.45, 7) is 0. The van der Waals surface area contributed by atoms with Crippen LogP contribution >= 0.6 is 0 Å². The Morgan fingerprint density at radius 2 is 1.15 bits per heavy atom. The van der Waals surface area contributed by atoms with Gasteiger partial charge in [-0.3, -0.25) is 29.6 Å². The molecule has 0 aliphatic rings. The number of hydrogen-bond donors (Lipinski definition) is 1. The van der Waals surface area contributed by atoms with Gasteiger partial charge in [-0.25, -0.2) is 9.86 Å². The van der Waals surface area contributed by atoms with Crippen LogP contribution in [0.5, 0.6) is 0 Å². The molecule has 0 saturated heterocycles. The number of carboxylic acids is 1. The highest BCUT2D eigenvalue weighted by molar-refractivity contribution is 5.81. The molecule has 2 atom stereocenters. The Labute approximate surface area is 226 Å². The second kappa shape index (κ2) is 14.4. The Morgan fingerprint density at radius 1 is 0.718 bits per heavy atom. The normalized spacial score (nSPS) is 12.0. The van der Waals surface area contributed by atoms with Crippen LogP contribution in [0, 0.1) is 0 Å². The van der Waals surface area contributed by atoms with Crippen LogP contribution in [0.3, 0.4) is 0 Å². The van der Waals surface area contributed by atoms with E-state index >= 15 is 0 Å². The van der Waals surface area contributed by atoms with Gasteiger partial charge in [0.25, 0.3) is 5.91 Å². The number of likely N-dealkylation sites (N-methyl/N-ethyl adjacent to an activating group) is 1. The highest BCUT2D eigenvalue weighted by atomic mass is 16.7. The zero-order valence-electron chi connectivity index (χ0n) is 22.0. The van der Waals surface area contributed by atoms with Gasteiger partial charge >= 0.3 is 5.97 Å². The van der Waals surface area contributed by atoms with Crippen molar-refractivity contribution in [2.45, 2.75) is 12.2 Å². The maximum absolute atomic E-state index is 12.1. The molecule has 2 unspecified atom stereocenters. The van der Waals surface area contributed by atoms with Crippen molar-refractivity contribution in [1.29, 1.82) is 0 Å². The number of carboxylic acid groups (broad SMARTS) is 1.